The average Bonchev–Trinajstić information content (AvgIpc) is 3.00. The van der Waals surface area contributed by atoms with Crippen LogP contribution in [-0.4, -0.2) is 61.1 Å². The van der Waals surface area contributed by atoms with Gasteiger partial charge in [-0.25, -0.2) is 4.98 Å². The third-order valence-electron chi connectivity index (χ3n) is 4.23. The summed E-state index contributed by atoms with van der Waals surface area (Å²) < 4.78 is 5.18. The standard InChI is InChI=1S/C17H28N4O3S/c1-4-8-18-12-6-7-13-14(9-12)25-17(19-13)20-15(22)10-24-11-16(23)21(3)5-2/h12,18H,4-11H2,1-3H3,(H,19,20,22). The van der Waals surface area contributed by atoms with Crippen molar-refractivity contribution in [1.29, 1.82) is 0 Å². The van der Waals surface area contributed by atoms with Gasteiger partial charge in [0.15, 0.2) is 5.13 Å². The fraction of sp³-hybridized carbons (Fsp3) is 0.706. The van der Waals surface area contributed by atoms with Gasteiger partial charge in [0.2, 0.25) is 5.91 Å². The highest BCUT2D eigenvalue weighted by Gasteiger charge is 2.22. The van der Waals surface area contributed by atoms with E-state index >= 15 is 0 Å². The van der Waals surface area contributed by atoms with Gasteiger partial charge in [0.05, 0.1) is 5.69 Å². The molecule has 1 heterocycles. The first-order valence-electron chi connectivity index (χ1n) is 8.87. The Morgan fingerprint density at radius 1 is 1.36 bits per heavy atom. The van der Waals surface area contributed by atoms with Crippen molar-refractivity contribution in [3.8, 4) is 0 Å². The molecule has 1 aromatic heterocycles. The van der Waals surface area contributed by atoms with E-state index in [1.54, 1.807) is 11.9 Å². The maximum atomic E-state index is 11.9. The summed E-state index contributed by atoms with van der Waals surface area (Å²) >= 11 is 1.54. The van der Waals surface area contributed by atoms with E-state index in [9.17, 15) is 9.59 Å². The number of amides is 2. The molecule has 1 atom stereocenters. The van der Waals surface area contributed by atoms with E-state index in [-0.39, 0.29) is 25.0 Å². The molecule has 1 aromatic rings. The summed E-state index contributed by atoms with van der Waals surface area (Å²) in [4.78, 5) is 30.9. The Balaban J connectivity index is 1.77. The molecule has 0 spiro atoms. The molecule has 0 radical (unpaired) electrons. The van der Waals surface area contributed by atoms with Gasteiger partial charge in [-0.1, -0.05) is 6.92 Å². The molecule has 1 aliphatic carbocycles. The van der Waals surface area contributed by atoms with E-state index in [2.05, 4.69) is 22.5 Å². The first-order valence-corrected chi connectivity index (χ1v) is 9.68. The van der Waals surface area contributed by atoms with Gasteiger partial charge in [0, 0.05) is 24.5 Å². The number of thiazole rings is 1. The number of aryl methyl sites for hydroxylation is 1. The fourth-order valence-electron chi connectivity index (χ4n) is 2.62. The second kappa shape index (κ2) is 9.84. The second-order valence-electron chi connectivity index (χ2n) is 6.23. The number of carbonyl (C=O) groups excluding carboxylic acids is 2. The monoisotopic (exact) mass is 368 g/mol. The number of anilines is 1. The van der Waals surface area contributed by atoms with Gasteiger partial charge in [-0.05, 0) is 39.2 Å². The van der Waals surface area contributed by atoms with E-state index in [1.807, 2.05) is 6.92 Å². The lowest BCUT2D eigenvalue weighted by Crippen LogP contribution is -2.34. The van der Waals surface area contributed by atoms with Crippen LogP contribution in [0, 0.1) is 0 Å². The van der Waals surface area contributed by atoms with Gasteiger partial charge in [0.1, 0.15) is 13.2 Å². The molecule has 0 saturated heterocycles. The lowest BCUT2D eigenvalue weighted by molar-refractivity contribution is -0.136. The van der Waals surface area contributed by atoms with Crippen molar-refractivity contribution < 1.29 is 14.3 Å². The van der Waals surface area contributed by atoms with Crippen LogP contribution in [0.3, 0.4) is 0 Å². The van der Waals surface area contributed by atoms with Gasteiger partial charge >= 0.3 is 0 Å². The highest BCUT2D eigenvalue weighted by atomic mass is 32.1. The summed E-state index contributed by atoms with van der Waals surface area (Å²) in [6.45, 7) is 5.47. The predicted molar refractivity (Wildman–Crippen MR) is 99.0 cm³/mol. The summed E-state index contributed by atoms with van der Waals surface area (Å²) in [6, 6.07) is 0.501. The number of nitrogens with one attached hydrogen (secondary N) is 2. The van der Waals surface area contributed by atoms with E-state index in [1.165, 1.54) is 16.2 Å². The summed E-state index contributed by atoms with van der Waals surface area (Å²) in [5.41, 5.74) is 1.09. The molecule has 1 unspecified atom stereocenters. The molecule has 0 fully saturated rings. The number of hydrogen-bond acceptors (Lipinski definition) is 6. The van der Waals surface area contributed by atoms with Crippen LogP contribution in [0.4, 0.5) is 5.13 Å². The molecule has 2 rings (SSSR count). The number of fused-ring (bicyclic) bond motifs is 1. The Kier molecular flexibility index (Phi) is 7.80. The van der Waals surface area contributed by atoms with Crippen molar-refractivity contribution >= 4 is 28.3 Å². The highest BCUT2D eigenvalue weighted by molar-refractivity contribution is 7.15. The minimum atomic E-state index is -0.279. The second-order valence-corrected chi connectivity index (χ2v) is 7.32. The van der Waals surface area contributed by atoms with Crippen molar-refractivity contribution in [3.05, 3.63) is 10.6 Å². The smallest absolute Gasteiger partial charge is 0.252 e. The van der Waals surface area contributed by atoms with Gasteiger partial charge in [0.25, 0.3) is 5.91 Å². The largest absolute Gasteiger partial charge is 0.362 e. The molecule has 2 amide bonds. The number of aromatic nitrogens is 1. The summed E-state index contributed by atoms with van der Waals surface area (Å²) in [7, 11) is 1.70. The molecule has 7 nitrogen and oxygen atoms in total. The van der Waals surface area contributed by atoms with Crippen molar-refractivity contribution in [2.45, 2.75) is 45.6 Å². The molecule has 0 bridgehead atoms. The number of rotatable bonds is 9. The third-order valence-corrected chi connectivity index (χ3v) is 5.26. The maximum Gasteiger partial charge on any atom is 0.252 e. The zero-order chi connectivity index (χ0) is 18.2. The number of nitrogens with zero attached hydrogens (tertiary/aromatic N) is 2. The average molecular weight is 369 g/mol. The van der Waals surface area contributed by atoms with E-state index in [0.29, 0.717) is 17.7 Å². The molecular formula is C17H28N4O3S. The van der Waals surface area contributed by atoms with Crippen molar-refractivity contribution in [2.24, 2.45) is 0 Å². The molecule has 140 valence electrons. The first-order chi connectivity index (χ1) is 12.0. The Bertz CT molecular complexity index is 590. The van der Waals surface area contributed by atoms with E-state index in [4.69, 9.17) is 4.74 Å². The van der Waals surface area contributed by atoms with Crippen LogP contribution in [0.25, 0.3) is 0 Å². The van der Waals surface area contributed by atoms with E-state index < -0.39 is 0 Å². The van der Waals surface area contributed by atoms with Crippen molar-refractivity contribution in [3.63, 3.8) is 0 Å². The van der Waals surface area contributed by atoms with Crippen LogP contribution in [0.1, 0.15) is 37.3 Å². The lowest BCUT2D eigenvalue weighted by Gasteiger charge is -2.21. The fourth-order valence-corrected chi connectivity index (χ4v) is 3.73. The minimum Gasteiger partial charge on any atom is -0.362 e. The zero-order valence-corrected chi connectivity index (χ0v) is 16.1. The summed E-state index contributed by atoms with van der Waals surface area (Å²) in [5.74, 6) is -0.413. The van der Waals surface area contributed by atoms with Crippen LogP contribution >= 0.6 is 11.3 Å². The van der Waals surface area contributed by atoms with Gasteiger partial charge < -0.3 is 15.0 Å². The molecule has 2 N–H and O–H groups in total. The molecule has 0 aromatic carbocycles. The SMILES string of the molecule is CCCNC1CCc2nc(NC(=O)COCC(=O)N(C)CC)sc2C1. The van der Waals surface area contributed by atoms with Gasteiger partial charge in [-0.3, -0.25) is 14.9 Å². The van der Waals surface area contributed by atoms with Crippen LogP contribution in [0.15, 0.2) is 0 Å². The van der Waals surface area contributed by atoms with Crippen molar-refractivity contribution in [1.82, 2.24) is 15.2 Å². The van der Waals surface area contributed by atoms with Gasteiger partial charge in [-0.2, -0.15) is 0 Å². The highest BCUT2D eigenvalue weighted by Crippen LogP contribution is 2.29. The number of ether oxygens (including phenoxy) is 1. The molecular weight excluding hydrogens is 340 g/mol. The Labute approximate surface area is 153 Å². The minimum absolute atomic E-state index is 0.0864. The van der Waals surface area contributed by atoms with E-state index in [0.717, 1.165) is 37.9 Å². The first kappa shape index (κ1) is 19.8. The third kappa shape index (κ3) is 6.05. The van der Waals surface area contributed by atoms with Gasteiger partial charge in [-0.15, -0.1) is 11.3 Å². The number of carbonyl (C=O) groups is 2. The predicted octanol–water partition coefficient (Wildman–Crippen LogP) is 1.43. The number of likely N-dealkylation sites (N-methyl/N-ethyl adjacent to an activating group) is 1. The topological polar surface area (TPSA) is 83.6 Å². The molecule has 25 heavy (non-hydrogen) atoms. The van der Waals surface area contributed by atoms with Crippen LogP contribution in [-0.2, 0) is 27.2 Å². The van der Waals surface area contributed by atoms with Crippen molar-refractivity contribution in [2.75, 3.05) is 38.7 Å². The van der Waals surface area contributed by atoms with Crippen LogP contribution in [0.5, 0.6) is 0 Å². The number of hydrogen-bond donors (Lipinski definition) is 2. The maximum absolute atomic E-state index is 11.9. The summed E-state index contributed by atoms with van der Waals surface area (Å²) in [5, 5.41) is 6.94. The quantitative estimate of drug-likeness (QED) is 0.689. The Morgan fingerprint density at radius 2 is 2.16 bits per heavy atom. The molecule has 8 heteroatoms. The normalized spacial score (nSPS) is 16.4. The Morgan fingerprint density at radius 3 is 2.88 bits per heavy atom. The van der Waals surface area contributed by atoms with Crippen LogP contribution < -0.4 is 10.6 Å². The lowest BCUT2D eigenvalue weighted by atomic mass is 9.98. The molecule has 1 aliphatic rings. The molecule has 0 saturated carbocycles. The molecule has 0 aliphatic heterocycles. The Hall–Kier alpha value is -1.51. The zero-order valence-electron chi connectivity index (χ0n) is 15.3. The summed E-state index contributed by atoms with van der Waals surface area (Å²) in [6.07, 6.45) is 4.12. The van der Waals surface area contributed by atoms with Crippen LogP contribution in [0.2, 0.25) is 0 Å².